The zero-order valence-electron chi connectivity index (χ0n) is 16.1. The van der Waals surface area contributed by atoms with Gasteiger partial charge in [0.15, 0.2) is 5.82 Å². The van der Waals surface area contributed by atoms with Crippen molar-refractivity contribution >= 4 is 40.4 Å². The lowest BCUT2D eigenvalue weighted by Crippen LogP contribution is -2.30. The van der Waals surface area contributed by atoms with Gasteiger partial charge in [0, 0.05) is 25.2 Å². The molecule has 0 spiro atoms. The number of hydrogen-bond donors (Lipinski definition) is 5. The minimum Gasteiger partial charge on any atom is -0.506 e. The second-order valence-electron chi connectivity index (χ2n) is 7.77. The average molecular weight is 460 g/mol. The van der Waals surface area contributed by atoms with Crippen LogP contribution in [0.1, 0.15) is 41.2 Å². The van der Waals surface area contributed by atoms with Crippen LogP contribution in [0.25, 0.3) is 10.9 Å². The van der Waals surface area contributed by atoms with Crippen molar-refractivity contribution in [1.82, 2.24) is 4.57 Å². The molecule has 1 aliphatic heterocycles. The Morgan fingerprint density at radius 2 is 1.90 bits per heavy atom. The summed E-state index contributed by atoms with van der Waals surface area (Å²) in [6.45, 7) is 0.108. The first-order chi connectivity index (χ1) is 14.5. The summed E-state index contributed by atoms with van der Waals surface area (Å²) < 4.78 is 59.6. The Labute approximate surface area is 178 Å². The first kappa shape index (κ1) is 21.6. The number of nitrogens with two attached hydrogens (primary N) is 3. The number of fused-ring (bicyclic) bond motifs is 1. The molecule has 168 valence electrons. The highest BCUT2D eigenvalue weighted by Gasteiger charge is 2.44. The number of halogens is 4. The van der Waals surface area contributed by atoms with E-state index in [2.05, 4.69) is 0 Å². The number of aromatic hydroxyl groups is 1. The molecular weight excluding hydrogens is 440 g/mol. The molecule has 1 amide bonds. The molecule has 1 aliphatic carbocycles. The van der Waals surface area contributed by atoms with Crippen molar-refractivity contribution in [2.24, 2.45) is 17.3 Å². The summed E-state index contributed by atoms with van der Waals surface area (Å²) in [4.78, 5) is 13.2. The summed E-state index contributed by atoms with van der Waals surface area (Å²) in [6, 6.07) is -0.888. The molecule has 1 saturated heterocycles. The third-order valence-corrected chi connectivity index (χ3v) is 6.06. The van der Waals surface area contributed by atoms with Crippen molar-refractivity contribution in [2.45, 2.75) is 37.5 Å². The van der Waals surface area contributed by atoms with Crippen LogP contribution in [0, 0.1) is 10.5 Å². The molecule has 2 aromatic rings. The van der Waals surface area contributed by atoms with Gasteiger partial charge in [0.2, 0.25) is 0 Å². The average Bonchev–Trinajstić information content (AvgIpc) is 3.40. The number of primary amides is 1. The molecule has 8 nitrogen and oxygen atoms in total. The molecule has 13 heteroatoms. The van der Waals surface area contributed by atoms with Crippen LogP contribution in [-0.2, 0) is 6.18 Å². The lowest BCUT2D eigenvalue weighted by Gasteiger charge is -2.29. The van der Waals surface area contributed by atoms with Gasteiger partial charge in [0.1, 0.15) is 21.5 Å². The number of nitrogens with zero attached hydrogens (tertiary/aromatic N) is 2. The quantitative estimate of drug-likeness (QED) is 0.205. The highest BCUT2D eigenvalue weighted by Crippen LogP contribution is 2.52. The highest BCUT2D eigenvalue weighted by atomic mass is 32.1. The zero-order chi connectivity index (χ0) is 22.8. The highest BCUT2D eigenvalue weighted by molar-refractivity contribution is 7.71. The molecule has 1 atom stereocenters. The maximum Gasteiger partial charge on any atom is 0.420 e. The molecule has 31 heavy (non-hydrogen) atoms. The number of nitrogens with one attached hydrogen (secondary N) is 1. The van der Waals surface area contributed by atoms with E-state index < -0.39 is 69.1 Å². The van der Waals surface area contributed by atoms with Gasteiger partial charge in [-0.2, -0.15) is 13.2 Å². The molecule has 2 fully saturated rings. The van der Waals surface area contributed by atoms with Gasteiger partial charge < -0.3 is 31.5 Å². The summed E-state index contributed by atoms with van der Waals surface area (Å²) in [5.41, 5.74) is 9.48. The first-order valence-corrected chi connectivity index (χ1v) is 9.90. The van der Waals surface area contributed by atoms with E-state index in [0.717, 1.165) is 4.57 Å². The van der Waals surface area contributed by atoms with Crippen molar-refractivity contribution in [1.29, 1.82) is 0 Å². The number of hydrogen-bond acceptors (Lipinski definition) is 7. The topological polar surface area (TPSA) is 136 Å². The molecule has 1 aromatic carbocycles. The van der Waals surface area contributed by atoms with E-state index in [1.165, 1.54) is 4.90 Å². The van der Waals surface area contributed by atoms with Crippen LogP contribution in [0.4, 0.5) is 28.9 Å². The Morgan fingerprint density at radius 1 is 1.26 bits per heavy atom. The van der Waals surface area contributed by atoms with E-state index in [-0.39, 0.29) is 17.7 Å². The predicted molar refractivity (Wildman–Crippen MR) is 109 cm³/mol. The lowest BCUT2D eigenvalue weighted by molar-refractivity contribution is -0.136. The number of benzene rings is 1. The number of anilines is 2. The number of nitrogen functional groups attached to an aromatic ring is 1. The third kappa shape index (κ3) is 3.27. The SMILES string of the molecule is NNc1c(F)c(N2CCC(N)C2)c(C(F)(F)F)c2c1c(O)c(C(N)=O)c(=S)n2C1CC1. The first-order valence-electron chi connectivity index (χ1n) is 9.49. The Hall–Kier alpha value is -2.64. The van der Waals surface area contributed by atoms with Gasteiger partial charge in [0.25, 0.3) is 5.91 Å². The number of carbonyl (C=O) groups is 1. The molecule has 4 rings (SSSR count). The molecule has 2 aliphatic rings. The Morgan fingerprint density at radius 3 is 2.35 bits per heavy atom. The van der Waals surface area contributed by atoms with Gasteiger partial charge in [-0.1, -0.05) is 12.2 Å². The smallest absolute Gasteiger partial charge is 0.420 e. The van der Waals surface area contributed by atoms with Crippen molar-refractivity contribution in [3.63, 3.8) is 0 Å². The van der Waals surface area contributed by atoms with E-state index in [0.29, 0.717) is 19.3 Å². The maximum atomic E-state index is 15.5. The Balaban J connectivity index is 2.28. The third-order valence-electron chi connectivity index (χ3n) is 5.66. The molecule has 0 bridgehead atoms. The number of hydrazine groups is 1. The monoisotopic (exact) mass is 460 g/mol. The van der Waals surface area contributed by atoms with Crippen molar-refractivity contribution in [3.8, 4) is 5.75 Å². The second kappa shape index (κ2) is 7.21. The minimum atomic E-state index is -5.02. The van der Waals surface area contributed by atoms with Gasteiger partial charge in [-0.3, -0.25) is 10.6 Å². The molecular formula is C18H20F4N6O2S. The fourth-order valence-corrected chi connectivity index (χ4v) is 4.65. The van der Waals surface area contributed by atoms with Crippen molar-refractivity contribution in [3.05, 3.63) is 21.6 Å². The van der Waals surface area contributed by atoms with E-state index in [4.69, 9.17) is 29.5 Å². The second-order valence-corrected chi connectivity index (χ2v) is 8.15. The van der Waals surface area contributed by atoms with E-state index in [1.54, 1.807) is 0 Å². The summed E-state index contributed by atoms with van der Waals surface area (Å²) in [5, 5.41) is 10.1. The summed E-state index contributed by atoms with van der Waals surface area (Å²) >= 11 is 5.25. The van der Waals surface area contributed by atoms with Crippen LogP contribution >= 0.6 is 12.2 Å². The van der Waals surface area contributed by atoms with Crippen LogP contribution in [0.3, 0.4) is 0 Å². The molecule has 1 unspecified atom stereocenters. The van der Waals surface area contributed by atoms with Gasteiger partial charge in [0.05, 0.1) is 22.3 Å². The number of rotatable bonds is 4. The number of carbonyl (C=O) groups excluding carboxylic acids is 1. The Kier molecular flexibility index (Phi) is 5.02. The molecule has 2 heterocycles. The van der Waals surface area contributed by atoms with Crippen LogP contribution in [0.5, 0.6) is 5.75 Å². The van der Waals surface area contributed by atoms with E-state index >= 15 is 4.39 Å². The van der Waals surface area contributed by atoms with Crippen LogP contribution < -0.4 is 27.6 Å². The van der Waals surface area contributed by atoms with Crippen molar-refractivity contribution < 1.29 is 27.5 Å². The van der Waals surface area contributed by atoms with Gasteiger partial charge in [-0.05, 0) is 19.3 Å². The standard InChI is InChI=1S/C18H20F4N6O2S/c19-11-12(26-25)8-13(10(18(20,21)22)14(11)27-4-3-6(23)5-27)28(7-1-2-7)17(31)9(15(8)29)16(24)30/h6-7,26,29H,1-5,23,25H2,(H2,24,30). The lowest BCUT2D eigenvalue weighted by atomic mass is 9.99. The molecule has 8 N–H and O–H groups in total. The summed E-state index contributed by atoms with van der Waals surface area (Å²) in [7, 11) is 0. The predicted octanol–water partition coefficient (Wildman–Crippen LogP) is 2.49. The summed E-state index contributed by atoms with van der Waals surface area (Å²) in [5.74, 6) is 2.05. The zero-order valence-corrected chi connectivity index (χ0v) is 16.9. The van der Waals surface area contributed by atoms with Gasteiger partial charge in [-0.25, -0.2) is 4.39 Å². The number of aromatic nitrogens is 1. The molecule has 1 aromatic heterocycles. The molecule has 0 radical (unpaired) electrons. The van der Waals surface area contributed by atoms with Gasteiger partial charge in [-0.15, -0.1) is 0 Å². The van der Waals surface area contributed by atoms with E-state index in [9.17, 15) is 23.1 Å². The van der Waals surface area contributed by atoms with E-state index in [1.807, 2.05) is 5.43 Å². The number of pyridine rings is 1. The van der Waals surface area contributed by atoms with Gasteiger partial charge >= 0.3 is 6.18 Å². The Bertz CT molecular complexity index is 1160. The number of alkyl halides is 3. The largest absolute Gasteiger partial charge is 0.506 e. The van der Waals surface area contributed by atoms with Crippen LogP contribution in [0.15, 0.2) is 0 Å². The summed E-state index contributed by atoms with van der Waals surface area (Å²) in [6.07, 6.45) is -3.65. The number of amides is 1. The maximum absolute atomic E-state index is 15.5. The normalized spacial score (nSPS) is 19.3. The minimum absolute atomic E-state index is 0.00499. The molecule has 1 saturated carbocycles. The van der Waals surface area contributed by atoms with Crippen LogP contribution in [0.2, 0.25) is 0 Å². The van der Waals surface area contributed by atoms with Crippen molar-refractivity contribution in [2.75, 3.05) is 23.4 Å². The van der Waals surface area contributed by atoms with Crippen LogP contribution in [-0.4, -0.2) is 34.7 Å². The fraction of sp³-hybridized carbons (Fsp3) is 0.444. The fourth-order valence-electron chi connectivity index (χ4n) is 4.21.